The van der Waals surface area contributed by atoms with Gasteiger partial charge >= 0.3 is 0 Å². The van der Waals surface area contributed by atoms with Gasteiger partial charge in [-0.25, -0.2) is 0 Å². The van der Waals surface area contributed by atoms with E-state index in [1.807, 2.05) is 30.3 Å². The fourth-order valence-corrected chi connectivity index (χ4v) is 3.47. The predicted molar refractivity (Wildman–Crippen MR) is 117 cm³/mol. The number of nitrogens with one attached hydrogen (secondary N) is 2. The van der Waals surface area contributed by atoms with Crippen molar-refractivity contribution in [2.24, 2.45) is 0 Å². The minimum atomic E-state index is -0.268. The summed E-state index contributed by atoms with van der Waals surface area (Å²) in [5.74, 6) is 0.902. The Hall–Kier alpha value is -4.53. The van der Waals surface area contributed by atoms with Crippen LogP contribution in [0.3, 0.4) is 0 Å². The highest BCUT2D eigenvalue weighted by Gasteiger charge is 2.11. The number of tetrazole rings is 1. The van der Waals surface area contributed by atoms with E-state index in [0.29, 0.717) is 29.1 Å². The molecule has 0 atom stereocenters. The molecule has 3 heterocycles. The van der Waals surface area contributed by atoms with Crippen molar-refractivity contribution in [1.29, 1.82) is 0 Å². The molecule has 0 spiro atoms. The van der Waals surface area contributed by atoms with Crippen molar-refractivity contribution in [2.75, 3.05) is 0 Å². The number of fused-ring (bicyclic) bond motifs is 1. The molecule has 158 valence electrons. The summed E-state index contributed by atoms with van der Waals surface area (Å²) in [4.78, 5) is 25.6. The van der Waals surface area contributed by atoms with Crippen LogP contribution in [0.2, 0.25) is 0 Å². The number of aromatic nitrogens is 5. The standard InChI is InChI=1S/C23H18N6O3/c30-22(24-13-19-2-1-11-32-19)18-8-7-16-9-10-29(23(31)20(16)12-18)14-15-3-5-17(6-4-15)21-25-27-28-26-21/h1-12H,13-14H2,(H,24,30)(H,25,26,27,28). The normalized spacial score (nSPS) is 11.0. The molecule has 0 unspecified atom stereocenters. The predicted octanol–water partition coefficient (Wildman–Crippen LogP) is 2.75. The molecular weight excluding hydrogens is 408 g/mol. The summed E-state index contributed by atoms with van der Waals surface area (Å²) in [6.07, 6.45) is 3.31. The maximum atomic E-state index is 13.1. The molecule has 2 N–H and O–H groups in total. The zero-order valence-corrected chi connectivity index (χ0v) is 16.9. The van der Waals surface area contributed by atoms with Crippen molar-refractivity contribution in [3.8, 4) is 11.4 Å². The van der Waals surface area contributed by atoms with Crippen LogP contribution in [0.4, 0.5) is 0 Å². The number of pyridine rings is 1. The Morgan fingerprint density at radius 2 is 1.97 bits per heavy atom. The maximum Gasteiger partial charge on any atom is 0.258 e. The molecule has 3 aromatic heterocycles. The van der Waals surface area contributed by atoms with Gasteiger partial charge < -0.3 is 14.3 Å². The smallest absolute Gasteiger partial charge is 0.258 e. The Bertz CT molecular complexity index is 1420. The molecule has 1 amide bonds. The Morgan fingerprint density at radius 3 is 2.72 bits per heavy atom. The van der Waals surface area contributed by atoms with Crippen molar-refractivity contribution in [3.05, 3.63) is 100 Å². The van der Waals surface area contributed by atoms with E-state index in [4.69, 9.17) is 4.42 Å². The van der Waals surface area contributed by atoms with E-state index in [0.717, 1.165) is 16.5 Å². The minimum Gasteiger partial charge on any atom is -0.467 e. The van der Waals surface area contributed by atoms with Crippen LogP contribution in [-0.4, -0.2) is 31.1 Å². The first-order valence-electron chi connectivity index (χ1n) is 9.94. The van der Waals surface area contributed by atoms with Crippen molar-refractivity contribution in [3.63, 3.8) is 0 Å². The molecule has 0 saturated carbocycles. The molecule has 0 aliphatic heterocycles. The van der Waals surface area contributed by atoms with E-state index in [2.05, 4.69) is 25.9 Å². The second kappa shape index (κ2) is 8.31. The van der Waals surface area contributed by atoms with E-state index < -0.39 is 0 Å². The van der Waals surface area contributed by atoms with Crippen molar-refractivity contribution in [2.45, 2.75) is 13.1 Å². The quantitative estimate of drug-likeness (QED) is 0.431. The molecule has 0 aliphatic carbocycles. The summed E-state index contributed by atoms with van der Waals surface area (Å²) in [7, 11) is 0. The number of amides is 1. The molecule has 0 aliphatic rings. The van der Waals surface area contributed by atoms with Gasteiger partial charge in [-0.15, -0.1) is 10.2 Å². The van der Waals surface area contributed by atoms with Crippen LogP contribution < -0.4 is 10.9 Å². The van der Waals surface area contributed by atoms with E-state index in [9.17, 15) is 9.59 Å². The van der Waals surface area contributed by atoms with Crippen molar-refractivity contribution < 1.29 is 9.21 Å². The highest BCUT2D eigenvalue weighted by atomic mass is 16.3. The SMILES string of the molecule is O=C(NCc1ccco1)c1ccc2ccn(Cc3ccc(-c4nn[nH]n4)cc3)c(=O)c2c1. The topological polar surface area (TPSA) is 119 Å². The van der Waals surface area contributed by atoms with Crippen LogP contribution in [0.15, 0.2) is 82.3 Å². The molecule has 9 heteroatoms. The number of hydrogen-bond acceptors (Lipinski definition) is 6. The van der Waals surface area contributed by atoms with Crippen molar-refractivity contribution in [1.82, 2.24) is 30.5 Å². The van der Waals surface area contributed by atoms with Gasteiger partial charge in [0.25, 0.3) is 11.5 Å². The zero-order valence-electron chi connectivity index (χ0n) is 16.9. The van der Waals surface area contributed by atoms with E-state index in [-0.39, 0.29) is 18.0 Å². The average Bonchev–Trinajstić information content (AvgIpc) is 3.54. The lowest BCUT2D eigenvalue weighted by molar-refractivity contribution is 0.0948. The largest absolute Gasteiger partial charge is 0.467 e. The monoisotopic (exact) mass is 426 g/mol. The summed E-state index contributed by atoms with van der Waals surface area (Å²) in [6.45, 7) is 0.680. The van der Waals surface area contributed by atoms with Gasteiger partial charge in [0.2, 0.25) is 5.82 Å². The van der Waals surface area contributed by atoms with Gasteiger partial charge in [0, 0.05) is 22.7 Å². The molecule has 2 aromatic carbocycles. The number of rotatable bonds is 6. The van der Waals surface area contributed by atoms with Crippen molar-refractivity contribution >= 4 is 16.7 Å². The third-order valence-corrected chi connectivity index (χ3v) is 5.15. The number of carbonyl (C=O) groups excluding carboxylic acids is 1. The Balaban J connectivity index is 1.37. The summed E-state index contributed by atoms with van der Waals surface area (Å²) in [5, 5.41) is 18.0. The number of aromatic amines is 1. The zero-order chi connectivity index (χ0) is 21.9. The lowest BCUT2D eigenvalue weighted by Gasteiger charge is -2.09. The van der Waals surface area contributed by atoms with Gasteiger partial charge in [0.1, 0.15) is 5.76 Å². The molecule has 9 nitrogen and oxygen atoms in total. The van der Waals surface area contributed by atoms with Crippen LogP contribution in [-0.2, 0) is 13.1 Å². The third kappa shape index (κ3) is 3.91. The number of benzene rings is 2. The van der Waals surface area contributed by atoms with Crippen LogP contribution in [0.25, 0.3) is 22.2 Å². The second-order valence-electron chi connectivity index (χ2n) is 7.25. The second-order valence-corrected chi connectivity index (χ2v) is 7.25. The van der Waals surface area contributed by atoms with Gasteiger partial charge in [0.15, 0.2) is 0 Å². The van der Waals surface area contributed by atoms with Gasteiger partial charge in [0.05, 0.1) is 19.4 Å². The van der Waals surface area contributed by atoms with Gasteiger partial charge in [-0.3, -0.25) is 9.59 Å². The molecule has 0 bridgehead atoms. The minimum absolute atomic E-state index is 0.162. The Labute approximate surface area is 181 Å². The molecule has 0 radical (unpaired) electrons. The van der Waals surface area contributed by atoms with E-state index in [1.54, 1.807) is 47.4 Å². The number of carbonyl (C=O) groups is 1. The molecular formula is C23H18N6O3. The van der Waals surface area contributed by atoms with Gasteiger partial charge in [-0.05, 0) is 46.5 Å². The lowest BCUT2D eigenvalue weighted by Crippen LogP contribution is -2.24. The highest BCUT2D eigenvalue weighted by Crippen LogP contribution is 2.16. The van der Waals surface area contributed by atoms with Crippen LogP contribution in [0.1, 0.15) is 21.7 Å². The number of H-pyrrole nitrogens is 1. The van der Waals surface area contributed by atoms with E-state index in [1.165, 1.54) is 0 Å². The molecule has 5 rings (SSSR count). The Morgan fingerprint density at radius 1 is 1.09 bits per heavy atom. The van der Waals surface area contributed by atoms with Gasteiger partial charge in [-0.1, -0.05) is 30.3 Å². The van der Waals surface area contributed by atoms with Crippen LogP contribution in [0.5, 0.6) is 0 Å². The Kier molecular flexibility index (Phi) is 5.04. The third-order valence-electron chi connectivity index (χ3n) is 5.15. The molecule has 0 saturated heterocycles. The highest BCUT2D eigenvalue weighted by molar-refractivity contribution is 5.98. The maximum absolute atomic E-state index is 13.1. The number of hydrogen-bond donors (Lipinski definition) is 2. The summed E-state index contributed by atoms with van der Waals surface area (Å²) in [6, 6.07) is 18.1. The lowest BCUT2D eigenvalue weighted by atomic mass is 10.1. The van der Waals surface area contributed by atoms with Gasteiger partial charge in [-0.2, -0.15) is 5.21 Å². The average molecular weight is 426 g/mol. The summed E-state index contributed by atoms with van der Waals surface area (Å²) in [5.41, 5.74) is 2.04. The first kappa shape index (κ1) is 19.4. The first-order valence-corrected chi connectivity index (χ1v) is 9.94. The van der Waals surface area contributed by atoms with Crippen LogP contribution >= 0.6 is 0 Å². The number of furan rings is 1. The van der Waals surface area contributed by atoms with E-state index >= 15 is 0 Å². The number of nitrogens with zero attached hydrogens (tertiary/aromatic N) is 4. The molecule has 32 heavy (non-hydrogen) atoms. The van der Waals surface area contributed by atoms with Crippen LogP contribution in [0, 0.1) is 0 Å². The summed E-state index contributed by atoms with van der Waals surface area (Å²) >= 11 is 0. The molecule has 5 aromatic rings. The summed E-state index contributed by atoms with van der Waals surface area (Å²) < 4.78 is 6.85. The molecule has 0 fully saturated rings. The fourth-order valence-electron chi connectivity index (χ4n) is 3.47. The first-order chi connectivity index (χ1) is 15.7. The fraction of sp³-hybridized carbons (Fsp3) is 0.0870.